The smallest absolute Gasteiger partial charge is 0.257 e. The van der Waals surface area contributed by atoms with Crippen molar-refractivity contribution in [3.05, 3.63) is 65.7 Å². The van der Waals surface area contributed by atoms with E-state index < -0.39 is 6.10 Å². The first-order valence-electron chi connectivity index (χ1n) is 8.24. The minimum atomic E-state index is -0.421. The van der Waals surface area contributed by atoms with Crippen molar-refractivity contribution in [1.29, 1.82) is 0 Å². The van der Waals surface area contributed by atoms with Crippen molar-refractivity contribution < 1.29 is 14.6 Å². The Kier molecular flexibility index (Phi) is 6.82. The number of hydrogen-bond acceptors (Lipinski definition) is 3. The van der Waals surface area contributed by atoms with E-state index in [0.29, 0.717) is 18.7 Å². The molecule has 0 bridgehead atoms. The van der Waals surface area contributed by atoms with Crippen molar-refractivity contribution >= 4 is 5.91 Å². The van der Waals surface area contributed by atoms with Crippen LogP contribution in [0, 0.1) is 6.92 Å². The zero-order valence-corrected chi connectivity index (χ0v) is 14.2. The summed E-state index contributed by atoms with van der Waals surface area (Å²) in [5, 5.41) is 12.6. The van der Waals surface area contributed by atoms with Gasteiger partial charge in [-0.05, 0) is 43.5 Å². The molecule has 128 valence electrons. The molecule has 2 atom stereocenters. The summed E-state index contributed by atoms with van der Waals surface area (Å²) in [6.07, 6.45) is 0.180. The van der Waals surface area contributed by atoms with Gasteiger partial charge in [0, 0.05) is 12.5 Å². The highest BCUT2D eigenvalue weighted by atomic mass is 16.5. The van der Waals surface area contributed by atoms with Crippen molar-refractivity contribution in [2.24, 2.45) is 0 Å². The third-order valence-electron chi connectivity index (χ3n) is 3.80. The van der Waals surface area contributed by atoms with Crippen LogP contribution in [0.25, 0.3) is 0 Å². The molecule has 2 aromatic carbocycles. The fourth-order valence-electron chi connectivity index (χ4n) is 2.62. The molecule has 0 aliphatic heterocycles. The summed E-state index contributed by atoms with van der Waals surface area (Å²) < 4.78 is 5.51. The fraction of sp³-hybridized carbons (Fsp3) is 0.350. The van der Waals surface area contributed by atoms with Gasteiger partial charge in [-0.2, -0.15) is 0 Å². The van der Waals surface area contributed by atoms with Crippen LogP contribution in [-0.4, -0.2) is 30.3 Å². The van der Waals surface area contributed by atoms with E-state index in [1.54, 1.807) is 6.92 Å². The summed E-state index contributed by atoms with van der Waals surface area (Å²) in [5.74, 6) is 0.603. The maximum Gasteiger partial charge on any atom is 0.257 e. The number of aliphatic hydroxyl groups excluding tert-OH is 1. The van der Waals surface area contributed by atoms with E-state index in [4.69, 9.17) is 4.74 Å². The molecule has 0 radical (unpaired) electrons. The summed E-state index contributed by atoms with van der Waals surface area (Å²) in [4.78, 5) is 12.0. The van der Waals surface area contributed by atoms with Gasteiger partial charge < -0.3 is 15.2 Å². The van der Waals surface area contributed by atoms with Gasteiger partial charge in [-0.25, -0.2) is 0 Å². The fourth-order valence-corrected chi connectivity index (χ4v) is 2.62. The van der Waals surface area contributed by atoms with E-state index in [1.807, 2.05) is 61.5 Å². The normalized spacial score (nSPS) is 13.1. The molecule has 0 aliphatic rings. The lowest BCUT2D eigenvalue weighted by Gasteiger charge is -2.19. The Balaban J connectivity index is 1.85. The Morgan fingerprint density at radius 1 is 1.17 bits per heavy atom. The van der Waals surface area contributed by atoms with Crippen LogP contribution in [0.1, 0.15) is 30.4 Å². The standard InChI is InChI=1S/C20H25NO3/c1-15-7-6-10-19(11-15)24-14-20(23)21-13-18(12-16(2)22)17-8-4-3-5-9-17/h3-11,16,18,22H,12-14H2,1-2H3,(H,21,23). The molecule has 0 fully saturated rings. The van der Waals surface area contributed by atoms with E-state index in [-0.39, 0.29) is 18.4 Å². The molecule has 24 heavy (non-hydrogen) atoms. The predicted molar refractivity (Wildman–Crippen MR) is 95.2 cm³/mol. The Hall–Kier alpha value is -2.33. The van der Waals surface area contributed by atoms with Crippen LogP contribution in [0.4, 0.5) is 0 Å². The number of benzene rings is 2. The Bertz CT molecular complexity index is 640. The largest absolute Gasteiger partial charge is 0.484 e. The van der Waals surface area contributed by atoms with Crippen LogP contribution in [-0.2, 0) is 4.79 Å². The highest BCUT2D eigenvalue weighted by molar-refractivity contribution is 5.77. The van der Waals surface area contributed by atoms with Crippen LogP contribution in [0.2, 0.25) is 0 Å². The van der Waals surface area contributed by atoms with Gasteiger partial charge in [0.05, 0.1) is 6.10 Å². The molecule has 0 saturated heterocycles. The molecular formula is C20H25NO3. The molecule has 0 spiro atoms. The number of carbonyl (C=O) groups excluding carboxylic acids is 1. The first-order chi connectivity index (χ1) is 11.5. The van der Waals surface area contributed by atoms with Gasteiger partial charge in [0.1, 0.15) is 5.75 Å². The van der Waals surface area contributed by atoms with E-state index in [9.17, 15) is 9.90 Å². The number of aryl methyl sites for hydroxylation is 1. The summed E-state index contributed by atoms with van der Waals surface area (Å²) in [5.41, 5.74) is 2.20. The number of ether oxygens (including phenoxy) is 1. The predicted octanol–water partition coefficient (Wildman–Crippen LogP) is 3.04. The van der Waals surface area contributed by atoms with Crippen LogP contribution >= 0.6 is 0 Å². The van der Waals surface area contributed by atoms with Gasteiger partial charge in [-0.3, -0.25) is 4.79 Å². The minimum absolute atomic E-state index is 0.0142. The monoisotopic (exact) mass is 327 g/mol. The van der Waals surface area contributed by atoms with E-state index in [2.05, 4.69) is 5.32 Å². The summed E-state index contributed by atoms with van der Waals surface area (Å²) >= 11 is 0. The molecular weight excluding hydrogens is 302 g/mol. The first kappa shape index (κ1) is 18.0. The van der Waals surface area contributed by atoms with Gasteiger partial charge >= 0.3 is 0 Å². The molecule has 0 saturated carbocycles. The molecule has 4 heteroatoms. The van der Waals surface area contributed by atoms with Crippen molar-refractivity contribution in [1.82, 2.24) is 5.32 Å². The second-order valence-corrected chi connectivity index (χ2v) is 6.10. The zero-order chi connectivity index (χ0) is 17.4. The molecule has 4 nitrogen and oxygen atoms in total. The molecule has 0 heterocycles. The van der Waals surface area contributed by atoms with Crippen molar-refractivity contribution in [3.8, 4) is 5.75 Å². The highest BCUT2D eigenvalue weighted by Gasteiger charge is 2.15. The highest BCUT2D eigenvalue weighted by Crippen LogP contribution is 2.20. The number of hydrogen-bond donors (Lipinski definition) is 2. The summed E-state index contributed by atoms with van der Waals surface area (Å²) in [6, 6.07) is 17.5. The number of aliphatic hydroxyl groups is 1. The van der Waals surface area contributed by atoms with Gasteiger partial charge in [-0.15, -0.1) is 0 Å². The molecule has 2 aromatic rings. The topological polar surface area (TPSA) is 58.6 Å². The van der Waals surface area contributed by atoms with Gasteiger partial charge in [0.25, 0.3) is 5.91 Å². The molecule has 2 N–H and O–H groups in total. The average Bonchev–Trinajstić information content (AvgIpc) is 2.57. The van der Waals surface area contributed by atoms with Gasteiger partial charge in [0.2, 0.25) is 0 Å². The lowest BCUT2D eigenvalue weighted by atomic mass is 9.93. The maximum atomic E-state index is 12.0. The van der Waals surface area contributed by atoms with Crippen molar-refractivity contribution in [3.63, 3.8) is 0 Å². The number of rotatable bonds is 8. The Morgan fingerprint density at radius 3 is 2.58 bits per heavy atom. The summed E-state index contributed by atoms with van der Waals surface area (Å²) in [7, 11) is 0. The third-order valence-corrected chi connectivity index (χ3v) is 3.80. The van der Waals surface area contributed by atoms with Crippen LogP contribution in [0.3, 0.4) is 0 Å². The third kappa shape index (κ3) is 6.05. The lowest BCUT2D eigenvalue weighted by molar-refractivity contribution is -0.123. The zero-order valence-electron chi connectivity index (χ0n) is 14.2. The molecule has 1 amide bonds. The van der Waals surface area contributed by atoms with E-state index in [0.717, 1.165) is 11.1 Å². The molecule has 0 aromatic heterocycles. The molecule has 2 unspecified atom stereocenters. The summed E-state index contributed by atoms with van der Waals surface area (Å²) in [6.45, 7) is 4.20. The second-order valence-electron chi connectivity index (χ2n) is 6.10. The van der Waals surface area contributed by atoms with Crippen molar-refractivity contribution in [2.75, 3.05) is 13.2 Å². The minimum Gasteiger partial charge on any atom is -0.484 e. The number of amides is 1. The van der Waals surface area contributed by atoms with Crippen LogP contribution in [0.15, 0.2) is 54.6 Å². The van der Waals surface area contributed by atoms with E-state index in [1.165, 1.54) is 0 Å². The van der Waals surface area contributed by atoms with Gasteiger partial charge in [0.15, 0.2) is 6.61 Å². The second kappa shape index (κ2) is 9.08. The first-order valence-corrected chi connectivity index (χ1v) is 8.24. The molecule has 0 aliphatic carbocycles. The Labute approximate surface area is 143 Å². The average molecular weight is 327 g/mol. The van der Waals surface area contributed by atoms with Gasteiger partial charge in [-0.1, -0.05) is 42.5 Å². The van der Waals surface area contributed by atoms with Crippen LogP contribution < -0.4 is 10.1 Å². The number of carbonyl (C=O) groups is 1. The molecule has 2 rings (SSSR count). The quantitative estimate of drug-likeness (QED) is 0.783. The number of nitrogens with one attached hydrogen (secondary N) is 1. The lowest BCUT2D eigenvalue weighted by Crippen LogP contribution is -2.33. The Morgan fingerprint density at radius 2 is 1.92 bits per heavy atom. The SMILES string of the molecule is Cc1cccc(OCC(=O)NCC(CC(C)O)c2ccccc2)c1. The maximum absolute atomic E-state index is 12.0. The van der Waals surface area contributed by atoms with Crippen molar-refractivity contribution in [2.45, 2.75) is 32.3 Å². The van der Waals surface area contributed by atoms with E-state index >= 15 is 0 Å². The van der Waals surface area contributed by atoms with Crippen LogP contribution in [0.5, 0.6) is 5.75 Å².